The van der Waals surface area contributed by atoms with Gasteiger partial charge in [-0.1, -0.05) is 91.0 Å². The second kappa shape index (κ2) is 13.3. The first kappa shape index (κ1) is 28.1. The number of carbonyl (C=O) groups excluding carboxylic acids is 3. The summed E-state index contributed by atoms with van der Waals surface area (Å²) in [5, 5.41) is 2.76. The minimum Gasteiger partial charge on any atom is -0.457 e. The summed E-state index contributed by atoms with van der Waals surface area (Å²) in [7, 11) is 0. The van der Waals surface area contributed by atoms with Crippen molar-refractivity contribution in [2.75, 3.05) is 13.2 Å². The van der Waals surface area contributed by atoms with Gasteiger partial charge in [-0.25, -0.2) is 9.59 Å². The number of rotatable bonds is 7. The van der Waals surface area contributed by atoms with E-state index in [1.165, 1.54) is 11.8 Å². The van der Waals surface area contributed by atoms with Crippen LogP contribution in [0.3, 0.4) is 0 Å². The van der Waals surface area contributed by atoms with Crippen molar-refractivity contribution in [3.63, 3.8) is 0 Å². The second-order valence-corrected chi connectivity index (χ2v) is 9.81. The molecular formula is C31H32N2O8. The number of hydrogen-bond acceptors (Lipinski definition) is 8. The Kier molecular flexibility index (Phi) is 9.12. The molecular weight excluding hydrogens is 528 g/mol. The number of alkyl carbamates (subject to hydrolysis) is 1. The van der Waals surface area contributed by atoms with Crippen LogP contribution in [0, 0.1) is 0 Å². The average Bonchev–Trinajstić information content (AvgIpc) is 3.00. The largest absolute Gasteiger partial charge is 0.457 e. The van der Waals surface area contributed by atoms with Crippen LogP contribution in [-0.4, -0.2) is 60.6 Å². The molecule has 1 N–H and O–H groups in total. The minimum absolute atomic E-state index is 0.0197. The van der Waals surface area contributed by atoms with E-state index in [1.807, 2.05) is 91.0 Å². The van der Waals surface area contributed by atoms with Crippen LogP contribution in [0.25, 0.3) is 0 Å². The quantitative estimate of drug-likeness (QED) is 0.335. The fraction of sp³-hybridized carbons (Fsp3) is 0.323. The lowest BCUT2D eigenvalue weighted by Gasteiger charge is -2.49. The van der Waals surface area contributed by atoms with Gasteiger partial charge < -0.3 is 29.0 Å². The maximum absolute atomic E-state index is 13.3. The van der Waals surface area contributed by atoms with Crippen molar-refractivity contribution >= 4 is 18.2 Å². The van der Waals surface area contributed by atoms with Crippen LogP contribution in [0.15, 0.2) is 91.0 Å². The van der Waals surface area contributed by atoms with Crippen LogP contribution in [-0.2, 0) is 41.7 Å². The van der Waals surface area contributed by atoms with Gasteiger partial charge in [-0.3, -0.25) is 9.69 Å². The molecule has 0 radical (unpaired) electrons. The standard InChI is InChI=1S/C31H32N2O8/c1-21(34)40-27-25(32-30(35)38-18-22-11-5-2-6-12-22)20-37-26-17-33(31(36)39-19-23-13-7-3-8-14-23)29(41-28(26)27)24-15-9-4-10-16-24/h2-16,25-29H,17-20H2,1H3,(H,32,35)/t25-,26-,27+,28+,29?/m0/s1. The van der Waals surface area contributed by atoms with Gasteiger partial charge in [0.25, 0.3) is 0 Å². The van der Waals surface area contributed by atoms with Gasteiger partial charge in [0.15, 0.2) is 12.3 Å². The second-order valence-electron chi connectivity index (χ2n) is 9.81. The number of carbonyl (C=O) groups is 3. The highest BCUT2D eigenvalue weighted by molar-refractivity contribution is 5.69. The van der Waals surface area contributed by atoms with Crippen molar-refractivity contribution < 1.29 is 38.1 Å². The number of amides is 2. The van der Waals surface area contributed by atoms with E-state index < -0.39 is 48.7 Å². The van der Waals surface area contributed by atoms with Gasteiger partial charge in [0.05, 0.1) is 19.2 Å². The third-order valence-electron chi connectivity index (χ3n) is 6.86. The lowest BCUT2D eigenvalue weighted by Crippen LogP contribution is -2.66. The average molecular weight is 561 g/mol. The molecule has 2 heterocycles. The molecule has 0 aliphatic carbocycles. The van der Waals surface area contributed by atoms with Gasteiger partial charge >= 0.3 is 18.2 Å². The summed E-state index contributed by atoms with van der Waals surface area (Å²) in [6.07, 6.45) is -4.40. The first-order valence-electron chi connectivity index (χ1n) is 13.4. The topological polar surface area (TPSA) is 113 Å². The molecule has 2 aliphatic heterocycles. The summed E-state index contributed by atoms with van der Waals surface area (Å²) in [5.74, 6) is -0.537. The molecule has 0 bridgehead atoms. The summed E-state index contributed by atoms with van der Waals surface area (Å²) in [5.41, 5.74) is 2.39. The summed E-state index contributed by atoms with van der Waals surface area (Å²) >= 11 is 0. The zero-order chi connectivity index (χ0) is 28.6. The van der Waals surface area contributed by atoms with Crippen LogP contribution < -0.4 is 5.32 Å². The molecule has 0 saturated carbocycles. The molecule has 2 saturated heterocycles. The molecule has 10 heteroatoms. The summed E-state index contributed by atoms with van der Waals surface area (Å²) in [4.78, 5) is 39.5. The Morgan fingerprint density at radius 3 is 2.05 bits per heavy atom. The summed E-state index contributed by atoms with van der Waals surface area (Å²) < 4.78 is 29.2. The van der Waals surface area contributed by atoms with Crippen LogP contribution in [0.4, 0.5) is 9.59 Å². The maximum Gasteiger partial charge on any atom is 0.412 e. The van der Waals surface area contributed by atoms with Crippen molar-refractivity contribution in [3.05, 3.63) is 108 Å². The minimum atomic E-state index is -0.885. The summed E-state index contributed by atoms with van der Waals surface area (Å²) in [6.45, 7) is 1.61. The van der Waals surface area contributed by atoms with Crippen molar-refractivity contribution in [1.29, 1.82) is 0 Å². The third-order valence-corrected chi connectivity index (χ3v) is 6.86. The molecule has 0 spiro atoms. The molecule has 3 aromatic carbocycles. The highest BCUT2D eigenvalue weighted by Crippen LogP contribution is 2.36. The fourth-order valence-electron chi connectivity index (χ4n) is 4.92. The number of esters is 1. The van der Waals surface area contributed by atoms with E-state index in [-0.39, 0.29) is 26.4 Å². The first-order chi connectivity index (χ1) is 20.0. The van der Waals surface area contributed by atoms with Crippen molar-refractivity contribution in [2.24, 2.45) is 0 Å². The highest BCUT2D eigenvalue weighted by atomic mass is 16.6. The van der Waals surface area contributed by atoms with Crippen LogP contribution in [0.1, 0.15) is 29.8 Å². The van der Waals surface area contributed by atoms with E-state index >= 15 is 0 Å². The smallest absolute Gasteiger partial charge is 0.412 e. The fourth-order valence-corrected chi connectivity index (χ4v) is 4.92. The SMILES string of the molecule is CC(=O)O[C@H]1[C@@H]2OC(c3ccccc3)N(C(=O)OCc3ccccc3)C[C@@H]2OC[C@@H]1NC(=O)OCc1ccccc1. The molecule has 41 heavy (non-hydrogen) atoms. The Morgan fingerprint density at radius 2 is 1.44 bits per heavy atom. The lowest BCUT2D eigenvalue weighted by atomic mass is 9.95. The Labute approximate surface area is 238 Å². The van der Waals surface area contributed by atoms with Crippen LogP contribution in [0.2, 0.25) is 0 Å². The molecule has 10 nitrogen and oxygen atoms in total. The molecule has 0 aromatic heterocycles. The predicted molar refractivity (Wildman–Crippen MR) is 146 cm³/mol. The van der Waals surface area contributed by atoms with Gasteiger partial charge in [-0.05, 0) is 11.1 Å². The number of benzene rings is 3. The van der Waals surface area contributed by atoms with E-state index in [0.717, 1.165) is 11.1 Å². The molecule has 1 unspecified atom stereocenters. The van der Waals surface area contributed by atoms with E-state index in [0.29, 0.717) is 5.56 Å². The van der Waals surface area contributed by atoms with Crippen LogP contribution in [0.5, 0.6) is 0 Å². The molecule has 5 atom stereocenters. The normalized spacial score (nSPS) is 23.5. The Balaban J connectivity index is 1.31. The third kappa shape index (κ3) is 7.22. The van der Waals surface area contributed by atoms with Gasteiger partial charge in [-0.15, -0.1) is 0 Å². The number of hydrogen-bond donors (Lipinski definition) is 1. The summed E-state index contributed by atoms with van der Waals surface area (Å²) in [6, 6.07) is 27.1. The zero-order valence-electron chi connectivity index (χ0n) is 22.6. The van der Waals surface area contributed by atoms with Crippen molar-refractivity contribution in [3.8, 4) is 0 Å². The Morgan fingerprint density at radius 1 is 0.854 bits per heavy atom. The predicted octanol–water partition coefficient (Wildman–Crippen LogP) is 4.35. The molecule has 2 aliphatic rings. The number of nitrogens with zero attached hydrogens (tertiary/aromatic N) is 1. The number of fused-ring (bicyclic) bond motifs is 1. The van der Waals surface area contributed by atoms with Gasteiger partial charge in [0.1, 0.15) is 25.4 Å². The van der Waals surface area contributed by atoms with Crippen molar-refractivity contribution in [2.45, 2.75) is 50.7 Å². The zero-order valence-corrected chi connectivity index (χ0v) is 22.6. The monoisotopic (exact) mass is 560 g/mol. The first-order valence-corrected chi connectivity index (χ1v) is 13.4. The number of nitrogens with one attached hydrogen (secondary N) is 1. The molecule has 214 valence electrons. The van der Waals surface area contributed by atoms with Crippen LogP contribution >= 0.6 is 0 Å². The van der Waals surface area contributed by atoms with E-state index in [2.05, 4.69) is 5.32 Å². The maximum atomic E-state index is 13.3. The Hall–Kier alpha value is -4.41. The van der Waals surface area contributed by atoms with Gasteiger partial charge in [-0.2, -0.15) is 0 Å². The van der Waals surface area contributed by atoms with Crippen molar-refractivity contribution in [1.82, 2.24) is 10.2 Å². The van der Waals surface area contributed by atoms with Gasteiger partial charge in [0.2, 0.25) is 0 Å². The van der Waals surface area contributed by atoms with E-state index in [4.69, 9.17) is 23.7 Å². The van der Waals surface area contributed by atoms with E-state index in [1.54, 1.807) is 0 Å². The molecule has 2 amide bonds. The number of ether oxygens (including phenoxy) is 5. The molecule has 2 fully saturated rings. The highest BCUT2D eigenvalue weighted by Gasteiger charge is 2.51. The lowest BCUT2D eigenvalue weighted by molar-refractivity contribution is -0.254. The molecule has 3 aromatic rings. The molecule has 5 rings (SSSR count). The van der Waals surface area contributed by atoms with E-state index in [9.17, 15) is 14.4 Å². The van der Waals surface area contributed by atoms with Gasteiger partial charge in [0, 0.05) is 12.5 Å². The Bertz CT molecular complexity index is 1310.